The Hall–Kier alpha value is -2.18. The van der Waals surface area contributed by atoms with Crippen molar-refractivity contribution in [3.05, 3.63) is 48.2 Å². The van der Waals surface area contributed by atoms with E-state index in [0.29, 0.717) is 25.0 Å². The molecule has 122 valence electrons. The lowest BCUT2D eigenvalue weighted by molar-refractivity contribution is -0.0118. The molecule has 6 heteroatoms. The maximum Gasteiger partial charge on any atom is 0.226 e. The van der Waals surface area contributed by atoms with Crippen LogP contribution in [0, 0.1) is 0 Å². The highest BCUT2D eigenvalue weighted by Crippen LogP contribution is 2.12. The summed E-state index contributed by atoms with van der Waals surface area (Å²) in [7, 11) is 2.10. The molecule has 1 saturated heterocycles. The lowest BCUT2D eigenvalue weighted by atomic mass is 10.2. The first-order valence-corrected chi connectivity index (χ1v) is 7.83. The maximum absolute atomic E-state index is 5.71. The van der Waals surface area contributed by atoms with E-state index in [4.69, 9.17) is 9.47 Å². The van der Waals surface area contributed by atoms with E-state index in [1.54, 1.807) is 12.3 Å². The van der Waals surface area contributed by atoms with E-state index in [0.717, 1.165) is 25.3 Å². The van der Waals surface area contributed by atoms with Crippen LogP contribution >= 0.6 is 0 Å². The van der Waals surface area contributed by atoms with Crippen molar-refractivity contribution in [3.63, 3.8) is 0 Å². The normalized spacial score (nSPS) is 18.6. The van der Waals surface area contributed by atoms with Crippen LogP contribution in [0.5, 0.6) is 5.88 Å². The molecule has 1 aliphatic rings. The number of aromatic nitrogens is 2. The molecule has 1 aromatic carbocycles. The second-order valence-electron chi connectivity index (χ2n) is 5.63. The van der Waals surface area contributed by atoms with Gasteiger partial charge in [-0.1, -0.05) is 30.3 Å². The molecule has 2 heterocycles. The van der Waals surface area contributed by atoms with E-state index >= 15 is 0 Å². The predicted octanol–water partition coefficient (Wildman–Crippen LogP) is 1.80. The average Bonchev–Trinajstić information content (AvgIpc) is 2.60. The molecule has 0 bridgehead atoms. The summed E-state index contributed by atoms with van der Waals surface area (Å²) in [5, 5.41) is 3.22. The van der Waals surface area contributed by atoms with Gasteiger partial charge < -0.3 is 19.7 Å². The van der Waals surface area contributed by atoms with Crippen LogP contribution in [-0.2, 0) is 11.3 Å². The standard InChI is InChI=1S/C17H22N4O2/c1-21-9-10-22-15(12-21)11-19-17-18-8-7-16(20-17)23-13-14-5-3-2-4-6-14/h2-8,15H,9-13H2,1H3,(H,18,19,20). The van der Waals surface area contributed by atoms with Crippen molar-refractivity contribution in [1.82, 2.24) is 14.9 Å². The molecule has 6 nitrogen and oxygen atoms in total. The number of morpholine rings is 1. The first-order valence-electron chi connectivity index (χ1n) is 7.83. The number of hydrogen-bond acceptors (Lipinski definition) is 6. The number of nitrogens with zero attached hydrogens (tertiary/aromatic N) is 3. The molecular weight excluding hydrogens is 292 g/mol. The number of rotatable bonds is 6. The SMILES string of the molecule is CN1CCOC(CNc2nccc(OCc3ccccc3)n2)C1. The van der Waals surface area contributed by atoms with E-state index in [1.165, 1.54) is 0 Å². The highest BCUT2D eigenvalue weighted by atomic mass is 16.5. The largest absolute Gasteiger partial charge is 0.473 e. The van der Waals surface area contributed by atoms with E-state index in [2.05, 4.69) is 27.2 Å². The zero-order chi connectivity index (χ0) is 15.9. The van der Waals surface area contributed by atoms with Gasteiger partial charge in [0.2, 0.25) is 11.8 Å². The zero-order valence-electron chi connectivity index (χ0n) is 13.3. The molecule has 1 aromatic heterocycles. The number of anilines is 1. The Bertz CT molecular complexity index is 609. The van der Waals surface area contributed by atoms with Crippen LogP contribution in [0.25, 0.3) is 0 Å². The van der Waals surface area contributed by atoms with E-state index < -0.39 is 0 Å². The summed E-state index contributed by atoms with van der Waals surface area (Å²) in [6, 6.07) is 11.8. The van der Waals surface area contributed by atoms with Gasteiger partial charge in [0.05, 0.1) is 12.7 Å². The Kier molecular flexibility index (Phi) is 5.39. The third-order valence-electron chi connectivity index (χ3n) is 3.69. The minimum Gasteiger partial charge on any atom is -0.473 e. The van der Waals surface area contributed by atoms with Crippen molar-refractivity contribution in [2.45, 2.75) is 12.7 Å². The fourth-order valence-corrected chi connectivity index (χ4v) is 2.43. The molecule has 0 radical (unpaired) electrons. The van der Waals surface area contributed by atoms with E-state index in [1.807, 2.05) is 30.3 Å². The van der Waals surface area contributed by atoms with Gasteiger partial charge in [0, 0.05) is 31.9 Å². The quantitative estimate of drug-likeness (QED) is 0.877. The molecule has 0 amide bonds. The summed E-state index contributed by atoms with van der Waals surface area (Å²) in [5.74, 6) is 1.13. The smallest absolute Gasteiger partial charge is 0.226 e. The predicted molar refractivity (Wildman–Crippen MR) is 88.5 cm³/mol. The Balaban J connectivity index is 1.50. The fourth-order valence-electron chi connectivity index (χ4n) is 2.43. The molecule has 0 aliphatic carbocycles. The molecular formula is C17H22N4O2. The fraction of sp³-hybridized carbons (Fsp3) is 0.412. The van der Waals surface area contributed by atoms with E-state index in [-0.39, 0.29) is 6.10 Å². The summed E-state index contributed by atoms with van der Waals surface area (Å²) < 4.78 is 11.4. The summed E-state index contributed by atoms with van der Waals surface area (Å²) in [6.07, 6.45) is 1.86. The molecule has 23 heavy (non-hydrogen) atoms. The molecule has 1 unspecified atom stereocenters. The van der Waals surface area contributed by atoms with Gasteiger partial charge in [0.1, 0.15) is 6.61 Å². The molecule has 2 aromatic rings. The van der Waals surface area contributed by atoms with Crippen molar-refractivity contribution in [2.75, 3.05) is 38.6 Å². The highest BCUT2D eigenvalue weighted by Gasteiger charge is 2.17. The van der Waals surface area contributed by atoms with Crippen LogP contribution < -0.4 is 10.1 Å². The Morgan fingerprint density at radius 1 is 1.30 bits per heavy atom. The van der Waals surface area contributed by atoms with Gasteiger partial charge in [-0.25, -0.2) is 4.98 Å². The maximum atomic E-state index is 5.71. The van der Waals surface area contributed by atoms with Crippen molar-refractivity contribution in [2.24, 2.45) is 0 Å². The van der Waals surface area contributed by atoms with Gasteiger partial charge in [-0.05, 0) is 12.6 Å². The highest BCUT2D eigenvalue weighted by molar-refractivity contribution is 5.28. The van der Waals surface area contributed by atoms with Crippen LogP contribution in [0.4, 0.5) is 5.95 Å². The lowest BCUT2D eigenvalue weighted by Crippen LogP contribution is -2.43. The molecule has 1 N–H and O–H groups in total. The van der Waals surface area contributed by atoms with Gasteiger partial charge in [0.15, 0.2) is 0 Å². The second kappa shape index (κ2) is 7.89. The Morgan fingerprint density at radius 2 is 2.17 bits per heavy atom. The minimum atomic E-state index is 0.159. The Morgan fingerprint density at radius 3 is 3.00 bits per heavy atom. The van der Waals surface area contributed by atoms with Crippen molar-refractivity contribution in [1.29, 1.82) is 0 Å². The molecule has 1 fully saturated rings. The number of ether oxygens (including phenoxy) is 2. The molecule has 1 aliphatic heterocycles. The van der Waals surface area contributed by atoms with Crippen molar-refractivity contribution < 1.29 is 9.47 Å². The number of nitrogens with one attached hydrogen (secondary N) is 1. The topological polar surface area (TPSA) is 59.5 Å². The first-order chi connectivity index (χ1) is 11.3. The summed E-state index contributed by atoms with van der Waals surface area (Å²) >= 11 is 0. The second-order valence-corrected chi connectivity index (χ2v) is 5.63. The van der Waals surface area contributed by atoms with Gasteiger partial charge in [-0.2, -0.15) is 4.98 Å². The summed E-state index contributed by atoms with van der Waals surface area (Å²) in [5.41, 5.74) is 1.11. The van der Waals surface area contributed by atoms with Crippen molar-refractivity contribution in [3.8, 4) is 5.88 Å². The molecule has 3 rings (SSSR count). The van der Waals surface area contributed by atoms with Crippen molar-refractivity contribution >= 4 is 5.95 Å². The summed E-state index contributed by atoms with van der Waals surface area (Å²) in [4.78, 5) is 10.9. The molecule has 1 atom stereocenters. The molecule has 0 saturated carbocycles. The average molecular weight is 314 g/mol. The van der Waals surface area contributed by atoms with Gasteiger partial charge in [0.25, 0.3) is 0 Å². The first kappa shape index (κ1) is 15.7. The van der Waals surface area contributed by atoms with Gasteiger partial charge in [-0.3, -0.25) is 0 Å². The third kappa shape index (κ3) is 4.91. The molecule has 0 spiro atoms. The van der Waals surface area contributed by atoms with E-state index in [9.17, 15) is 0 Å². The lowest BCUT2D eigenvalue weighted by Gasteiger charge is -2.30. The monoisotopic (exact) mass is 314 g/mol. The Labute approximate surface area is 136 Å². The summed E-state index contributed by atoms with van der Waals surface area (Å²) in [6.45, 7) is 3.84. The number of likely N-dealkylation sites (N-methyl/N-ethyl adjacent to an activating group) is 1. The number of benzene rings is 1. The van der Waals surface area contributed by atoms with Crippen LogP contribution in [0.15, 0.2) is 42.6 Å². The van der Waals surface area contributed by atoms with Gasteiger partial charge >= 0.3 is 0 Å². The number of hydrogen-bond donors (Lipinski definition) is 1. The van der Waals surface area contributed by atoms with Gasteiger partial charge in [-0.15, -0.1) is 0 Å². The van der Waals surface area contributed by atoms with Crippen LogP contribution in [0.3, 0.4) is 0 Å². The van der Waals surface area contributed by atoms with Crippen LogP contribution in [0.1, 0.15) is 5.56 Å². The van der Waals surface area contributed by atoms with Crippen LogP contribution in [0.2, 0.25) is 0 Å². The minimum absolute atomic E-state index is 0.159. The third-order valence-corrected chi connectivity index (χ3v) is 3.69. The van der Waals surface area contributed by atoms with Crippen LogP contribution in [-0.4, -0.2) is 54.3 Å². The zero-order valence-corrected chi connectivity index (χ0v) is 13.3.